The summed E-state index contributed by atoms with van der Waals surface area (Å²) in [4.78, 5) is 11.6. The average Bonchev–Trinajstić information content (AvgIpc) is 3.10. The van der Waals surface area contributed by atoms with E-state index in [0.717, 1.165) is 22.4 Å². The zero-order chi connectivity index (χ0) is 17.8. The number of carbonyl (C=O) groups is 1. The van der Waals surface area contributed by atoms with Crippen LogP contribution in [-0.4, -0.2) is 26.8 Å². The number of Topliss-reactive ketones (excluding diaryl/α,β-unsaturated/α-hetero) is 1. The summed E-state index contributed by atoms with van der Waals surface area (Å²) in [6, 6.07) is 17.7. The van der Waals surface area contributed by atoms with Crippen molar-refractivity contribution < 1.29 is 9.90 Å². The van der Waals surface area contributed by atoms with E-state index in [1.54, 1.807) is 11.6 Å². The lowest BCUT2D eigenvalue weighted by atomic mass is 9.99. The van der Waals surface area contributed by atoms with Crippen LogP contribution in [0.4, 0.5) is 0 Å². The van der Waals surface area contributed by atoms with Crippen LogP contribution in [0.5, 0.6) is 0 Å². The smallest absolute Gasteiger partial charge is 0.159 e. The molecule has 1 aromatic heterocycles. The maximum absolute atomic E-state index is 11.6. The first-order valence-corrected chi connectivity index (χ1v) is 8.50. The molecule has 0 aliphatic carbocycles. The minimum atomic E-state index is -0.381. The number of aliphatic hydroxyl groups is 1. The minimum absolute atomic E-state index is 0.0613. The van der Waals surface area contributed by atoms with Crippen LogP contribution in [0.15, 0.2) is 60.8 Å². The Kier molecular flexibility index (Phi) is 5.10. The van der Waals surface area contributed by atoms with Gasteiger partial charge in [-0.05, 0) is 42.7 Å². The number of hydrogen-bond acceptors (Lipinski definition) is 3. The van der Waals surface area contributed by atoms with Gasteiger partial charge in [0.15, 0.2) is 5.78 Å². The van der Waals surface area contributed by atoms with E-state index in [1.165, 1.54) is 0 Å². The Morgan fingerprint density at radius 1 is 1.08 bits per heavy atom. The number of rotatable bonds is 6. The monoisotopic (exact) mass is 334 g/mol. The van der Waals surface area contributed by atoms with Gasteiger partial charge in [-0.3, -0.25) is 9.48 Å². The van der Waals surface area contributed by atoms with Gasteiger partial charge in [-0.25, -0.2) is 0 Å². The number of hydrogen-bond donors (Lipinski definition) is 1. The molecular weight excluding hydrogens is 312 g/mol. The normalized spacial score (nSPS) is 12.1. The van der Waals surface area contributed by atoms with Crippen molar-refractivity contribution in [2.45, 2.75) is 32.9 Å². The second-order valence-corrected chi connectivity index (χ2v) is 6.20. The molecule has 4 nitrogen and oxygen atoms in total. The van der Waals surface area contributed by atoms with Crippen molar-refractivity contribution in [1.29, 1.82) is 0 Å². The van der Waals surface area contributed by atoms with Crippen LogP contribution in [-0.2, 0) is 6.54 Å². The van der Waals surface area contributed by atoms with Crippen LogP contribution in [0.25, 0.3) is 22.4 Å². The summed E-state index contributed by atoms with van der Waals surface area (Å²) in [5.74, 6) is 0.0613. The fourth-order valence-electron chi connectivity index (χ4n) is 2.74. The Bertz CT molecular complexity index is 883. The van der Waals surface area contributed by atoms with Crippen LogP contribution in [0.3, 0.4) is 0 Å². The molecule has 25 heavy (non-hydrogen) atoms. The number of aromatic nitrogens is 2. The summed E-state index contributed by atoms with van der Waals surface area (Å²) in [5, 5.41) is 14.3. The van der Waals surface area contributed by atoms with Crippen molar-refractivity contribution in [3.8, 4) is 22.4 Å². The van der Waals surface area contributed by atoms with Crippen molar-refractivity contribution in [2.75, 3.05) is 0 Å². The lowest BCUT2D eigenvalue weighted by molar-refractivity contribution is 0.101. The van der Waals surface area contributed by atoms with Crippen LogP contribution in [0, 0.1) is 0 Å². The van der Waals surface area contributed by atoms with Gasteiger partial charge in [0, 0.05) is 17.3 Å². The van der Waals surface area contributed by atoms with E-state index in [2.05, 4.69) is 11.2 Å². The fourth-order valence-corrected chi connectivity index (χ4v) is 2.74. The summed E-state index contributed by atoms with van der Waals surface area (Å²) in [6.07, 6.45) is 2.21. The summed E-state index contributed by atoms with van der Waals surface area (Å²) >= 11 is 0. The number of benzene rings is 2. The first-order chi connectivity index (χ1) is 12.1. The first kappa shape index (κ1) is 17.1. The van der Waals surface area contributed by atoms with Gasteiger partial charge in [0.1, 0.15) is 0 Å². The van der Waals surface area contributed by atoms with E-state index in [0.29, 0.717) is 18.5 Å². The predicted octanol–water partition coefficient (Wildman–Crippen LogP) is 4.19. The van der Waals surface area contributed by atoms with Crippen molar-refractivity contribution in [2.24, 2.45) is 0 Å². The third kappa shape index (κ3) is 4.03. The Balaban J connectivity index is 1.89. The van der Waals surface area contributed by atoms with Crippen molar-refractivity contribution in [3.05, 3.63) is 66.4 Å². The average molecular weight is 334 g/mol. The van der Waals surface area contributed by atoms with Gasteiger partial charge in [0.2, 0.25) is 0 Å². The van der Waals surface area contributed by atoms with Gasteiger partial charge in [-0.2, -0.15) is 5.10 Å². The lowest BCUT2D eigenvalue weighted by Crippen LogP contribution is -2.14. The largest absolute Gasteiger partial charge is 0.391 e. The molecule has 0 spiro atoms. The third-order valence-corrected chi connectivity index (χ3v) is 4.27. The molecule has 0 saturated heterocycles. The summed E-state index contributed by atoms with van der Waals surface area (Å²) < 4.78 is 1.77. The molecule has 0 aliphatic rings. The number of nitrogens with zero attached hydrogens (tertiary/aromatic N) is 2. The Hall–Kier alpha value is -2.72. The van der Waals surface area contributed by atoms with Gasteiger partial charge in [-0.15, -0.1) is 0 Å². The zero-order valence-electron chi connectivity index (χ0n) is 14.5. The maximum Gasteiger partial charge on any atom is 0.159 e. The molecule has 0 bridgehead atoms. The van der Waals surface area contributed by atoms with E-state index >= 15 is 0 Å². The van der Waals surface area contributed by atoms with Crippen molar-refractivity contribution >= 4 is 5.78 Å². The summed E-state index contributed by atoms with van der Waals surface area (Å²) in [5.41, 5.74) is 4.64. The molecule has 4 heteroatoms. The Morgan fingerprint density at radius 2 is 1.76 bits per heavy atom. The molecule has 0 aliphatic heterocycles. The fraction of sp³-hybridized carbons (Fsp3) is 0.238. The second-order valence-electron chi connectivity index (χ2n) is 6.20. The van der Waals surface area contributed by atoms with Gasteiger partial charge in [0.05, 0.1) is 18.3 Å². The molecule has 1 N–H and O–H groups in total. The third-order valence-electron chi connectivity index (χ3n) is 4.27. The molecule has 3 aromatic rings. The molecule has 1 unspecified atom stereocenters. The number of aliphatic hydroxyl groups excluding tert-OH is 1. The van der Waals surface area contributed by atoms with Crippen LogP contribution >= 0.6 is 0 Å². The quantitative estimate of drug-likeness (QED) is 0.688. The van der Waals surface area contributed by atoms with E-state index in [1.807, 2.05) is 61.7 Å². The predicted molar refractivity (Wildman–Crippen MR) is 99.4 cm³/mol. The van der Waals surface area contributed by atoms with E-state index in [-0.39, 0.29) is 11.9 Å². The van der Waals surface area contributed by atoms with E-state index < -0.39 is 0 Å². The van der Waals surface area contributed by atoms with Gasteiger partial charge in [0.25, 0.3) is 0 Å². The van der Waals surface area contributed by atoms with Crippen molar-refractivity contribution in [3.63, 3.8) is 0 Å². The molecule has 3 rings (SSSR count). The highest BCUT2D eigenvalue weighted by Crippen LogP contribution is 2.26. The Morgan fingerprint density at radius 3 is 2.48 bits per heavy atom. The molecule has 128 valence electrons. The van der Waals surface area contributed by atoms with Crippen LogP contribution in [0.1, 0.15) is 30.6 Å². The molecule has 1 heterocycles. The summed E-state index contributed by atoms with van der Waals surface area (Å²) in [7, 11) is 0. The second kappa shape index (κ2) is 7.45. The van der Waals surface area contributed by atoms with Crippen LogP contribution in [0.2, 0.25) is 0 Å². The standard InChI is InChI=1S/C21H22N2O2/c1-3-20(25)14-23-11-10-21(22-23)19-9-5-8-18(13-19)17-7-4-6-16(12-17)15(2)24/h4-13,20,25H,3,14H2,1-2H3. The van der Waals surface area contributed by atoms with Crippen molar-refractivity contribution in [1.82, 2.24) is 9.78 Å². The molecule has 2 aromatic carbocycles. The molecule has 1 atom stereocenters. The Labute approximate surface area is 147 Å². The topological polar surface area (TPSA) is 55.1 Å². The van der Waals surface area contributed by atoms with Gasteiger partial charge < -0.3 is 5.11 Å². The van der Waals surface area contributed by atoms with Crippen LogP contribution < -0.4 is 0 Å². The number of carbonyl (C=O) groups excluding carboxylic acids is 1. The molecular formula is C21H22N2O2. The summed E-state index contributed by atoms with van der Waals surface area (Å²) in [6.45, 7) is 4.03. The van der Waals surface area contributed by atoms with Gasteiger partial charge >= 0.3 is 0 Å². The zero-order valence-corrected chi connectivity index (χ0v) is 14.5. The molecule has 0 saturated carbocycles. The first-order valence-electron chi connectivity index (χ1n) is 8.50. The highest BCUT2D eigenvalue weighted by Gasteiger charge is 2.08. The molecule has 0 fully saturated rings. The SMILES string of the molecule is CCC(O)Cn1ccc(-c2cccc(-c3cccc(C(C)=O)c3)c2)n1. The van der Waals surface area contributed by atoms with Gasteiger partial charge in [-0.1, -0.05) is 43.3 Å². The van der Waals surface area contributed by atoms with E-state index in [9.17, 15) is 9.90 Å². The highest BCUT2D eigenvalue weighted by molar-refractivity contribution is 5.95. The minimum Gasteiger partial charge on any atom is -0.391 e. The van der Waals surface area contributed by atoms with E-state index in [4.69, 9.17) is 0 Å². The molecule has 0 radical (unpaired) electrons. The number of ketones is 1. The maximum atomic E-state index is 11.6. The molecule has 0 amide bonds. The lowest BCUT2D eigenvalue weighted by Gasteiger charge is -2.07. The highest BCUT2D eigenvalue weighted by atomic mass is 16.3.